The van der Waals surface area contributed by atoms with Crippen molar-refractivity contribution < 1.29 is 4.79 Å². The molecule has 1 aliphatic rings. The van der Waals surface area contributed by atoms with Crippen molar-refractivity contribution in [3.05, 3.63) is 29.3 Å². The van der Waals surface area contributed by atoms with Crippen molar-refractivity contribution in [3.63, 3.8) is 0 Å². The van der Waals surface area contributed by atoms with E-state index in [4.69, 9.17) is 11.5 Å². The maximum Gasteiger partial charge on any atom is 0.249 e. The molecule has 4 nitrogen and oxygen atoms in total. The molecular weight excluding hydrogens is 178 g/mol. The Morgan fingerprint density at radius 2 is 2.29 bits per heavy atom. The second kappa shape index (κ2) is 3.31. The van der Waals surface area contributed by atoms with E-state index in [-0.39, 0.29) is 6.04 Å². The van der Waals surface area contributed by atoms with E-state index in [1.807, 2.05) is 12.1 Å². The van der Waals surface area contributed by atoms with Gasteiger partial charge in [-0.05, 0) is 24.1 Å². The van der Waals surface area contributed by atoms with Gasteiger partial charge in [0.25, 0.3) is 0 Å². The maximum atomic E-state index is 11.1. The van der Waals surface area contributed by atoms with Crippen molar-refractivity contribution >= 4 is 11.6 Å². The number of rotatable bonds is 1. The summed E-state index contributed by atoms with van der Waals surface area (Å²) in [5.74, 6) is -0.391. The van der Waals surface area contributed by atoms with Gasteiger partial charge >= 0.3 is 0 Å². The fourth-order valence-corrected chi connectivity index (χ4v) is 1.78. The van der Waals surface area contributed by atoms with E-state index in [1.54, 1.807) is 6.07 Å². The molecule has 1 atom stereocenters. The van der Waals surface area contributed by atoms with Gasteiger partial charge in [-0.2, -0.15) is 0 Å². The topological polar surface area (TPSA) is 81.1 Å². The molecule has 1 unspecified atom stereocenters. The highest BCUT2D eigenvalue weighted by atomic mass is 16.1. The smallest absolute Gasteiger partial charge is 0.249 e. The Morgan fingerprint density at radius 1 is 1.50 bits per heavy atom. The average molecular weight is 191 g/mol. The molecule has 1 amide bonds. The first-order valence-electron chi connectivity index (χ1n) is 4.59. The lowest BCUT2D eigenvalue weighted by Gasteiger charge is -2.24. The predicted octanol–water partition coefficient (Wildman–Crippen LogP) is 0.0808. The fourth-order valence-electron chi connectivity index (χ4n) is 1.78. The molecule has 74 valence electrons. The minimum atomic E-state index is -0.391. The second-order valence-corrected chi connectivity index (χ2v) is 3.54. The lowest BCUT2D eigenvalue weighted by atomic mass is 9.95. The van der Waals surface area contributed by atoms with Crippen LogP contribution >= 0.6 is 0 Å². The number of fused-ring (bicyclic) bond motifs is 1. The highest BCUT2D eigenvalue weighted by molar-refractivity contribution is 5.96. The van der Waals surface area contributed by atoms with Crippen LogP contribution < -0.4 is 16.8 Å². The van der Waals surface area contributed by atoms with Crippen LogP contribution in [0.25, 0.3) is 0 Å². The van der Waals surface area contributed by atoms with Gasteiger partial charge in [0.2, 0.25) is 5.91 Å². The number of hydrogen-bond acceptors (Lipinski definition) is 3. The second-order valence-electron chi connectivity index (χ2n) is 3.54. The molecule has 0 spiro atoms. The van der Waals surface area contributed by atoms with Crippen LogP contribution in [0.5, 0.6) is 0 Å². The SMILES string of the molecule is NC(=O)c1cccc2c1CC(N)CN2. The number of amides is 1. The van der Waals surface area contributed by atoms with Crippen molar-refractivity contribution in [1.82, 2.24) is 0 Å². The Labute approximate surface area is 82.3 Å². The van der Waals surface area contributed by atoms with Gasteiger partial charge in [-0.3, -0.25) is 4.79 Å². The average Bonchev–Trinajstić information content (AvgIpc) is 2.16. The molecule has 0 aliphatic carbocycles. The van der Waals surface area contributed by atoms with Gasteiger partial charge in [0.1, 0.15) is 0 Å². The molecule has 0 fully saturated rings. The summed E-state index contributed by atoms with van der Waals surface area (Å²) in [6, 6.07) is 5.56. The third kappa shape index (κ3) is 1.44. The number of nitrogens with two attached hydrogens (primary N) is 2. The van der Waals surface area contributed by atoms with Gasteiger partial charge in [-0.15, -0.1) is 0 Å². The van der Waals surface area contributed by atoms with Crippen LogP contribution in [0.4, 0.5) is 5.69 Å². The van der Waals surface area contributed by atoms with Crippen molar-refractivity contribution in [2.75, 3.05) is 11.9 Å². The lowest BCUT2D eigenvalue weighted by molar-refractivity contribution is 0.0999. The quantitative estimate of drug-likeness (QED) is 0.588. The van der Waals surface area contributed by atoms with Gasteiger partial charge in [0.05, 0.1) is 0 Å². The molecule has 4 heteroatoms. The Hall–Kier alpha value is -1.55. The normalized spacial score (nSPS) is 19.6. The summed E-state index contributed by atoms with van der Waals surface area (Å²) < 4.78 is 0. The third-order valence-electron chi connectivity index (χ3n) is 2.46. The standard InChI is InChI=1S/C10H13N3O/c11-6-4-8-7(10(12)14)2-1-3-9(8)13-5-6/h1-3,6,13H,4-5,11H2,(H2,12,14). The molecule has 14 heavy (non-hydrogen) atoms. The molecule has 0 radical (unpaired) electrons. The third-order valence-corrected chi connectivity index (χ3v) is 2.46. The first kappa shape index (κ1) is 9.02. The maximum absolute atomic E-state index is 11.1. The molecular formula is C10H13N3O. The molecule has 1 aromatic rings. The lowest BCUT2D eigenvalue weighted by Crippen LogP contribution is -2.36. The van der Waals surface area contributed by atoms with Crippen LogP contribution in [0.15, 0.2) is 18.2 Å². The number of primary amides is 1. The summed E-state index contributed by atoms with van der Waals surface area (Å²) in [5.41, 5.74) is 13.6. The molecule has 0 saturated heterocycles. The van der Waals surface area contributed by atoms with Gasteiger partial charge in [0.15, 0.2) is 0 Å². The van der Waals surface area contributed by atoms with E-state index >= 15 is 0 Å². The largest absolute Gasteiger partial charge is 0.383 e. The molecule has 0 saturated carbocycles. The summed E-state index contributed by atoms with van der Waals surface area (Å²) >= 11 is 0. The van der Waals surface area contributed by atoms with Crippen LogP contribution in [0.3, 0.4) is 0 Å². The monoisotopic (exact) mass is 191 g/mol. The van der Waals surface area contributed by atoms with Gasteiger partial charge < -0.3 is 16.8 Å². The molecule has 2 rings (SSSR count). The summed E-state index contributed by atoms with van der Waals surface area (Å²) in [4.78, 5) is 11.1. The number of anilines is 1. The number of carbonyl (C=O) groups is 1. The van der Waals surface area contributed by atoms with Crippen LogP contribution in [0, 0.1) is 0 Å². The van der Waals surface area contributed by atoms with Gasteiger partial charge in [-0.1, -0.05) is 6.07 Å². The number of benzene rings is 1. The zero-order valence-corrected chi connectivity index (χ0v) is 7.79. The summed E-state index contributed by atoms with van der Waals surface area (Å²) in [7, 11) is 0. The molecule has 1 heterocycles. The zero-order chi connectivity index (χ0) is 10.1. The van der Waals surface area contributed by atoms with E-state index < -0.39 is 5.91 Å². The van der Waals surface area contributed by atoms with E-state index in [2.05, 4.69) is 5.32 Å². The van der Waals surface area contributed by atoms with Crippen molar-refractivity contribution in [1.29, 1.82) is 0 Å². The zero-order valence-electron chi connectivity index (χ0n) is 7.79. The Kier molecular flexibility index (Phi) is 2.13. The van der Waals surface area contributed by atoms with E-state index in [9.17, 15) is 4.79 Å². The predicted molar refractivity (Wildman–Crippen MR) is 55.1 cm³/mol. The number of hydrogen-bond donors (Lipinski definition) is 3. The van der Waals surface area contributed by atoms with Crippen LogP contribution in [0.2, 0.25) is 0 Å². The molecule has 1 aliphatic heterocycles. The highest BCUT2D eigenvalue weighted by Gasteiger charge is 2.19. The first-order chi connectivity index (χ1) is 6.68. The first-order valence-corrected chi connectivity index (χ1v) is 4.59. The van der Waals surface area contributed by atoms with Crippen molar-refractivity contribution in [2.45, 2.75) is 12.5 Å². The number of nitrogens with one attached hydrogen (secondary N) is 1. The van der Waals surface area contributed by atoms with E-state index in [1.165, 1.54) is 0 Å². The molecule has 0 bridgehead atoms. The van der Waals surface area contributed by atoms with Gasteiger partial charge in [-0.25, -0.2) is 0 Å². The molecule has 5 N–H and O–H groups in total. The fraction of sp³-hybridized carbons (Fsp3) is 0.300. The van der Waals surface area contributed by atoms with Crippen LogP contribution in [0.1, 0.15) is 15.9 Å². The summed E-state index contributed by atoms with van der Waals surface area (Å²) in [6.45, 7) is 0.745. The van der Waals surface area contributed by atoms with Crippen LogP contribution in [-0.2, 0) is 6.42 Å². The van der Waals surface area contributed by atoms with E-state index in [0.717, 1.165) is 17.8 Å². The number of carbonyl (C=O) groups excluding carboxylic acids is 1. The van der Waals surface area contributed by atoms with Crippen molar-refractivity contribution in [3.8, 4) is 0 Å². The summed E-state index contributed by atoms with van der Waals surface area (Å²) in [5, 5.41) is 3.17. The minimum Gasteiger partial charge on any atom is -0.383 e. The van der Waals surface area contributed by atoms with Crippen LogP contribution in [-0.4, -0.2) is 18.5 Å². The highest BCUT2D eigenvalue weighted by Crippen LogP contribution is 2.24. The summed E-state index contributed by atoms with van der Waals surface area (Å²) in [6.07, 6.45) is 0.710. The van der Waals surface area contributed by atoms with Crippen molar-refractivity contribution in [2.24, 2.45) is 11.5 Å². The van der Waals surface area contributed by atoms with E-state index in [0.29, 0.717) is 12.0 Å². The Balaban J connectivity index is 2.48. The Bertz CT molecular complexity index is 376. The molecule has 1 aromatic carbocycles. The molecule has 0 aromatic heterocycles. The Morgan fingerprint density at radius 3 is 3.00 bits per heavy atom. The van der Waals surface area contributed by atoms with Gasteiger partial charge in [0, 0.05) is 23.8 Å². The minimum absolute atomic E-state index is 0.0583.